The van der Waals surface area contributed by atoms with Crippen LogP contribution in [-0.2, 0) is 25.5 Å². The number of rotatable bonds is 6. The minimum Gasteiger partial charge on any atom is -0.478 e. The molecular weight excluding hydrogens is 475 g/mol. The number of hydrogen-bond donors (Lipinski definition) is 3. The summed E-state index contributed by atoms with van der Waals surface area (Å²) in [5, 5.41) is 15.6. The summed E-state index contributed by atoms with van der Waals surface area (Å²) in [5.41, 5.74) is 5.89. The molecule has 2 aliphatic rings. The van der Waals surface area contributed by atoms with E-state index in [0.29, 0.717) is 37.9 Å². The van der Waals surface area contributed by atoms with E-state index in [1.165, 1.54) is 7.11 Å². The number of amides is 2. The minimum atomic E-state index is -1.26. The second-order valence-corrected chi connectivity index (χ2v) is 8.11. The highest BCUT2D eigenvalue weighted by Crippen LogP contribution is 2.32. The largest absolute Gasteiger partial charge is 0.478 e. The van der Waals surface area contributed by atoms with Crippen molar-refractivity contribution in [2.24, 2.45) is 11.7 Å². The van der Waals surface area contributed by atoms with Gasteiger partial charge in [0.15, 0.2) is 11.6 Å². The Kier molecular flexibility index (Phi) is 9.63. The lowest BCUT2D eigenvalue weighted by Crippen LogP contribution is -2.43. The normalized spacial score (nSPS) is 19.7. The molecule has 4 N–H and O–H groups in total. The van der Waals surface area contributed by atoms with Crippen molar-refractivity contribution in [1.82, 2.24) is 9.80 Å². The summed E-state index contributed by atoms with van der Waals surface area (Å²) >= 11 is 0. The molecule has 3 atom stereocenters. The maximum Gasteiger partial charge on any atom is 0.409 e. The van der Waals surface area contributed by atoms with Crippen molar-refractivity contribution in [1.29, 1.82) is 0 Å². The second-order valence-electron chi connectivity index (χ2n) is 8.11. The van der Waals surface area contributed by atoms with E-state index in [1.54, 1.807) is 9.80 Å². The Hall–Kier alpha value is -3.61. The van der Waals surface area contributed by atoms with E-state index in [0.717, 1.165) is 12.5 Å². The summed E-state index contributed by atoms with van der Waals surface area (Å²) in [6.45, 7) is 1.54. The van der Waals surface area contributed by atoms with Gasteiger partial charge in [0.05, 0.1) is 13.2 Å². The van der Waals surface area contributed by atoms with Gasteiger partial charge in [0, 0.05) is 56.2 Å². The first-order valence-electron chi connectivity index (χ1n) is 10.6. The van der Waals surface area contributed by atoms with Crippen LogP contribution in [0.4, 0.5) is 18.0 Å². The van der Waals surface area contributed by atoms with E-state index in [1.807, 2.05) is 0 Å². The van der Waals surface area contributed by atoms with Gasteiger partial charge in [-0.15, -0.1) is 0 Å². The topological polar surface area (TPSA) is 150 Å². The maximum atomic E-state index is 13.8. The molecule has 2 fully saturated rings. The Morgan fingerprint density at radius 3 is 2.26 bits per heavy atom. The Balaban J connectivity index is 0.000000466. The molecule has 3 rings (SSSR count). The van der Waals surface area contributed by atoms with Crippen LogP contribution in [0.1, 0.15) is 18.4 Å². The van der Waals surface area contributed by atoms with Crippen LogP contribution in [0.3, 0.4) is 0 Å². The van der Waals surface area contributed by atoms with Crippen molar-refractivity contribution in [3.8, 4) is 0 Å². The molecule has 0 aromatic heterocycles. The van der Waals surface area contributed by atoms with Crippen LogP contribution in [0.5, 0.6) is 0 Å². The summed E-state index contributed by atoms with van der Waals surface area (Å²) in [6, 6.07) is 0.439. The molecule has 35 heavy (non-hydrogen) atoms. The number of carboxylic acids is 2. The highest BCUT2D eigenvalue weighted by Gasteiger charge is 2.45. The third kappa shape index (κ3) is 7.70. The van der Waals surface area contributed by atoms with Gasteiger partial charge in [-0.2, -0.15) is 0 Å². The van der Waals surface area contributed by atoms with Crippen LogP contribution in [0, 0.1) is 23.4 Å². The zero-order chi connectivity index (χ0) is 26.3. The average molecular weight is 501 g/mol. The van der Waals surface area contributed by atoms with Gasteiger partial charge in [-0.05, 0) is 24.5 Å². The Morgan fingerprint density at radius 2 is 1.69 bits per heavy atom. The van der Waals surface area contributed by atoms with Gasteiger partial charge in [0.1, 0.15) is 5.82 Å². The summed E-state index contributed by atoms with van der Waals surface area (Å²) in [7, 11) is 1.32. The van der Waals surface area contributed by atoms with Crippen molar-refractivity contribution in [2.45, 2.75) is 31.3 Å². The van der Waals surface area contributed by atoms with Gasteiger partial charge >= 0.3 is 18.0 Å². The zero-order valence-corrected chi connectivity index (χ0v) is 18.8. The van der Waals surface area contributed by atoms with Crippen LogP contribution in [0.25, 0.3) is 0 Å². The summed E-state index contributed by atoms with van der Waals surface area (Å²) < 4.78 is 44.8. The minimum absolute atomic E-state index is 0.0418. The quantitative estimate of drug-likeness (QED) is 0.391. The van der Waals surface area contributed by atoms with Crippen molar-refractivity contribution in [3.05, 3.63) is 47.3 Å². The van der Waals surface area contributed by atoms with Gasteiger partial charge in [0.2, 0.25) is 5.91 Å². The number of carboxylic acid groups (broad SMARTS) is 2. The molecule has 1 aromatic rings. The predicted molar refractivity (Wildman–Crippen MR) is 115 cm³/mol. The predicted octanol–water partition coefficient (Wildman–Crippen LogP) is 1.37. The lowest BCUT2D eigenvalue weighted by atomic mass is 10.0. The van der Waals surface area contributed by atoms with E-state index in [-0.39, 0.29) is 36.3 Å². The van der Waals surface area contributed by atoms with Gasteiger partial charge < -0.3 is 30.5 Å². The van der Waals surface area contributed by atoms with E-state index >= 15 is 0 Å². The molecule has 2 aliphatic heterocycles. The molecule has 0 saturated carbocycles. The molecule has 0 bridgehead atoms. The van der Waals surface area contributed by atoms with E-state index in [9.17, 15) is 32.3 Å². The Labute approximate surface area is 198 Å². The molecule has 0 spiro atoms. The third-order valence-electron chi connectivity index (χ3n) is 5.68. The number of halogens is 3. The molecular formula is C22H26F3N3O7. The molecule has 13 heteroatoms. The fraction of sp³-hybridized carbons (Fsp3) is 0.455. The Morgan fingerprint density at radius 1 is 1.09 bits per heavy atom. The highest BCUT2D eigenvalue weighted by molar-refractivity contribution is 5.89. The molecule has 0 radical (unpaired) electrons. The summed E-state index contributed by atoms with van der Waals surface area (Å²) in [6.07, 6.45) is 1.37. The van der Waals surface area contributed by atoms with Crippen LogP contribution >= 0.6 is 0 Å². The smallest absolute Gasteiger partial charge is 0.409 e. The SMILES string of the molecule is COC(=O)N1C[C@@H]2CCN(C(=O)C[C@H](N)Cc3cc(F)c(F)cc3F)[C@@H]2C1.O=C(O)C=CC(=O)O. The summed E-state index contributed by atoms with van der Waals surface area (Å²) in [5.74, 6) is -5.80. The number of nitrogens with zero attached hydrogens (tertiary/aromatic N) is 2. The van der Waals surface area contributed by atoms with E-state index in [4.69, 9.17) is 20.7 Å². The first-order chi connectivity index (χ1) is 16.4. The van der Waals surface area contributed by atoms with E-state index in [2.05, 4.69) is 0 Å². The van der Waals surface area contributed by atoms with Crippen molar-refractivity contribution in [2.75, 3.05) is 26.7 Å². The van der Waals surface area contributed by atoms with Crippen LogP contribution < -0.4 is 5.73 Å². The number of nitrogens with two attached hydrogens (primary N) is 1. The van der Waals surface area contributed by atoms with Crippen molar-refractivity contribution < 1.29 is 47.3 Å². The lowest BCUT2D eigenvalue weighted by molar-refractivity contribution is -0.134. The number of ether oxygens (including phenoxy) is 1. The van der Waals surface area contributed by atoms with Crippen LogP contribution in [-0.4, -0.2) is 82.8 Å². The average Bonchev–Trinajstić information content (AvgIpc) is 3.37. The first kappa shape index (κ1) is 27.6. The third-order valence-corrected chi connectivity index (χ3v) is 5.68. The number of benzene rings is 1. The monoisotopic (exact) mass is 501 g/mol. The number of hydrogen-bond acceptors (Lipinski definition) is 6. The number of carbonyl (C=O) groups excluding carboxylic acids is 2. The zero-order valence-electron chi connectivity index (χ0n) is 18.8. The number of methoxy groups -OCH3 is 1. The van der Waals surface area contributed by atoms with Crippen molar-refractivity contribution >= 4 is 23.9 Å². The molecule has 0 unspecified atom stereocenters. The molecule has 10 nitrogen and oxygen atoms in total. The van der Waals surface area contributed by atoms with E-state index < -0.39 is 41.5 Å². The van der Waals surface area contributed by atoms with Gasteiger partial charge in [0.25, 0.3) is 0 Å². The van der Waals surface area contributed by atoms with Gasteiger partial charge in [-0.1, -0.05) is 0 Å². The second kappa shape index (κ2) is 12.2. The van der Waals surface area contributed by atoms with Gasteiger partial charge in [-0.3, -0.25) is 4.79 Å². The van der Waals surface area contributed by atoms with Crippen LogP contribution in [0.15, 0.2) is 24.3 Å². The maximum absolute atomic E-state index is 13.8. The first-order valence-corrected chi connectivity index (χ1v) is 10.6. The lowest BCUT2D eigenvalue weighted by Gasteiger charge is -2.26. The number of fused-ring (bicyclic) bond motifs is 1. The molecule has 2 heterocycles. The Bertz CT molecular complexity index is 989. The molecule has 2 amide bonds. The van der Waals surface area contributed by atoms with Gasteiger partial charge in [-0.25, -0.2) is 27.6 Å². The molecule has 0 aliphatic carbocycles. The molecule has 1 aromatic carbocycles. The summed E-state index contributed by atoms with van der Waals surface area (Å²) in [4.78, 5) is 46.7. The highest BCUT2D eigenvalue weighted by atomic mass is 19.2. The molecule has 2 saturated heterocycles. The number of carbonyl (C=O) groups is 4. The fourth-order valence-corrected chi connectivity index (χ4v) is 4.11. The standard InChI is InChI=1S/C18H22F3N3O3.C4H4O4/c1-27-18(26)23-8-10-2-3-24(16(10)9-23)17(25)6-12(22)4-11-5-14(20)15(21)7-13(11)19;5-3(6)1-2-4(7)8/h5,7,10,12,16H,2-4,6,8-9,22H2,1H3;1-2H,(H,5,6)(H,7,8)/t10-,12+,16+;/m0./s1. The fourth-order valence-electron chi connectivity index (χ4n) is 4.11. The number of likely N-dealkylation sites (tertiary alicyclic amines) is 2. The van der Waals surface area contributed by atoms with Crippen LogP contribution in [0.2, 0.25) is 0 Å². The molecule has 192 valence electrons. The van der Waals surface area contributed by atoms with Crippen molar-refractivity contribution in [3.63, 3.8) is 0 Å². The number of aliphatic carboxylic acids is 2.